The summed E-state index contributed by atoms with van der Waals surface area (Å²) in [5.41, 5.74) is -0.199. The van der Waals surface area contributed by atoms with Gasteiger partial charge in [-0.15, -0.1) is 11.6 Å². The number of carbonyl (C=O) groups is 1. The minimum atomic E-state index is -0.677. The molecule has 1 rings (SSSR count). The van der Waals surface area contributed by atoms with Crippen LogP contribution < -0.4 is 10.1 Å². The van der Waals surface area contributed by atoms with Crippen molar-refractivity contribution in [1.29, 1.82) is 0 Å². The summed E-state index contributed by atoms with van der Waals surface area (Å²) in [5.74, 6) is -0.397. The second-order valence-corrected chi connectivity index (χ2v) is 4.59. The van der Waals surface area contributed by atoms with Crippen molar-refractivity contribution in [2.45, 2.75) is 13.8 Å². The van der Waals surface area contributed by atoms with Crippen LogP contribution in [0.5, 0.6) is 5.75 Å². The van der Waals surface area contributed by atoms with E-state index in [-0.39, 0.29) is 17.5 Å². The van der Waals surface area contributed by atoms with Gasteiger partial charge >= 0.3 is 0 Å². The highest BCUT2D eigenvalue weighted by Crippen LogP contribution is 2.24. The average Bonchev–Trinajstić information content (AvgIpc) is 2.31. The Bertz CT molecular complexity index is 421. The number of methoxy groups -OCH3 is 1. The fourth-order valence-corrected chi connectivity index (χ4v) is 1.22. The van der Waals surface area contributed by atoms with Gasteiger partial charge in [0.15, 0.2) is 11.6 Å². The second kappa shape index (κ2) is 5.36. The number of rotatable bonds is 4. The van der Waals surface area contributed by atoms with E-state index in [9.17, 15) is 9.18 Å². The fourth-order valence-electron chi connectivity index (χ4n) is 1.10. The summed E-state index contributed by atoms with van der Waals surface area (Å²) in [6.07, 6.45) is 0. The molecule has 0 aromatic heterocycles. The van der Waals surface area contributed by atoms with Crippen LogP contribution in [0.3, 0.4) is 0 Å². The van der Waals surface area contributed by atoms with Gasteiger partial charge in [-0.25, -0.2) is 4.39 Å². The molecule has 0 radical (unpaired) electrons. The molecule has 0 saturated heterocycles. The quantitative estimate of drug-likeness (QED) is 0.844. The van der Waals surface area contributed by atoms with Gasteiger partial charge in [-0.3, -0.25) is 4.79 Å². The van der Waals surface area contributed by atoms with Crippen molar-refractivity contribution in [2.75, 3.05) is 18.3 Å². The highest BCUT2D eigenvalue weighted by atomic mass is 35.5. The maximum atomic E-state index is 13.1. The summed E-state index contributed by atoms with van der Waals surface area (Å²) in [4.78, 5) is 11.8. The minimum absolute atomic E-state index is 0.0893. The van der Waals surface area contributed by atoms with Crippen molar-refractivity contribution in [3.63, 3.8) is 0 Å². The van der Waals surface area contributed by atoms with Crippen LogP contribution in [-0.4, -0.2) is 18.9 Å². The van der Waals surface area contributed by atoms with E-state index < -0.39 is 11.2 Å². The highest BCUT2D eigenvalue weighted by molar-refractivity contribution is 6.20. The number of hydrogen-bond donors (Lipinski definition) is 1. The zero-order valence-electron chi connectivity index (χ0n) is 10.0. The van der Waals surface area contributed by atoms with Gasteiger partial charge in [0.25, 0.3) is 0 Å². The third-order valence-corrected chi connectivity index (χ3v) is 3.03. The van der Waals surface area contributed by atoms with Crippen LogP contribution in [0, 0.1) is 11.2 Å². The zero-order valence-corrected chi connectivity index (χ0v) is 10.8. The smallest absolute Gasteiger partial charge is 0.231 e. The number of anilines is 1. The third-order valence-electron chi connectivity index (χ3n) is 2.36. The number of nitrogens with one attached hydrogen (secondary N) is 1. The molecule has 1 aromatic carbocycles. The van der Waals surface area contributed by atoms with Crippen LogP contribution in [0.15, 0.2) is 18.2 Å². The number of hydrogen-bond acceptors (Lipinski definition) is 2. The Balaban J connectivity index is 2.86. The molecule has 17 heavy (non-hydrogen) atoms. The van der Waals surface area contributed by atoms with E-state index in [0.29, 0.717) is 5.69 Å². The molecule has 1 N–H and O–H groups in total. The van der Waals surface area contributed by atoms with Crippen molar-refractivity contribution < 1.29 is 13.9 Å². The van der Waals surface area contributed by atoms with Crippen LogP contribution in [0.4, 0.5) is 10.1 Å². The van der Waals surface area contributed by atoms with Gasteiger partial charge in [-0.2, -0.15) is 0 Å². The van der Waals surface area contributed by atoms with E-state index in [1.807, 2.05) is 0 Å². The van der Waals surface area contributed by atoms with Gasteiger partial charge < -0.3 is 10.1 Å². The van der Waals surface area contributed by atoms with Gasteiger partial charge in [0.1, 0.15) is 0 Å². The molecule has 3 nitrogen and oxygen atoms in total. The van der Waals surface area contributed by atoms with E-state index in [1.54, 1.807) is 13.8 Å². The molecule has 0 aliphatic heterocycles. The summed E-state index contributed by atoms with van der Waals surface area (Å²) in [6, 6.07) is 4.14. The zero-order chi connectivity index (χ0) is 13.1. The SMILES string of the molecule is COc1cc(NC(=O)C(C)(C)CCl)ccc1F. The predicted molar refractivity (Wildman–Crippen MR) is 66.1 cm³/mol. The van der Waals surface area contributed by atoms with Crippen LogP contribution >= 0.6 is 11.6 Å². The Morgan fingerprint density at radius 3 is 2.71 bits per heavy atom. The molecule has 0 heterocycles. The molecule has 0 unspecified atom stereocenters. The maximum absolute atomic E-state index is 13.1. The van der Waals surface area contributed by atoms with E-state index in [2.05, 4.69) is 5.32 Å². The molecule has 0 aliphatic carbocycles. The Hall–Kier alpha value is -1.29. The maximum Gasteiger partial charge on any atom is 0.231 e. The summed E-state index contributed by atoms with van der Waals surface area (Å²) in [7, 11) is 1.37. The lowest BCUT2D eigenvalue weighted by Crippen LogP contribution is -2.32. The van der Waals surface area contributed by atoms with Gasteiger partial charge in [0.05, 0.1) is 12.5 Å². The monoisotopic (exact) mass is 259 g/mol. The van der Waals surface area contributed by atoms with Crippen molar-refractivity contribution in [3.05, 3.63) is 24.0 Å². The lowest BCUT2D eigenvalue weighted by atomic mass is 9.95. The topological polar surface area (TPSA) is 38.3 Å². The van der Waals surface area contributed by atoms with Crippen molar-refractivity contribution >= 4 is 23.2 Å². The van der Waals surface area contributed by atoms with Crippen LogP contribution in [0.2, 0.25) is 0 Å². The molecule has 1 amide bonds. The lowest BCUT2D eigenvalue weighted by Gasteiger charge is -2.20. The molecule has 0 aliphatic rings. The lowest BCUT2D eigenvalue weighted by molar-refractivity contribution is -0.122. The summed E-state index contributed by atoms with van der Waals surface area (Å²) in [6.45, 7) is 3.46. The molecular formula is C12H15ClFNO2. The fraction of sp³-hybridized carbons (Fsp3) is 0.417. The average molecular weight is 260 g/mol. The van der Waals surface area contributed by atoms with Crippen LogP contribution in [0.25, 0.3) is 0 Å². The van der Waals surface area contributed by atoms with Crippen LogP contribution in [0.1, 0.15) is 13.8 Å². The van der Waals surface area contributed by atoms with Crippen molar-refractivity contribution in [3.8, 4) is 5.75 Å². The van der Waals surface area contributed by atoms with Gasteiger partial charge in [0, 0.05) is 17.6 Å². The normalized spacial score (nSPS) is 11.1. The first-order chi connectivity index (χ1) is 7.90. The Kier molecular flexibility index (Phi) is 4.34. The number of ether oxygens (including phenoxy) is 1. The number of amides is 1. The van der Waals surface area contributed by atoms with Gasteiger partial charge in [-0.05, 0) is 26.0 Å². The molecular weight excluding hydrogens is 245 g/mol. The van der Waals surface area contributed by atoms with Crippen molar-refractivity contribution in [1.82, 2.24) is 0 Å². The van der Waals surface area contributed by atoms with Gasteiger partial charge in [0.2, 0.25) is 5.91 Å². The number of halogens is 2. The van der Waals surface area contributed by atoms with E-state index in [0.717, 1.165) is 0 Å². The van der Waals surface area contributed by atoms with E-state index >= 15 is 0 Å². The Labute approximate surface area is 105 Å². The molecule has 0 fully saturated rings. The molecule has 5 heteroatoms. The number of benzene rings is 1. The molecule has 0 bridgehead atoms. The molecule has 0 atom stereocenters. The van der Waals surface area contributed by atoms with E-state index in [1.165, 1.54) is 25.3 Å². The Morgan fingerprint density at radius 1 is 1.53 bits per heavy atom. The summed E-state index contributed by atoms with van der Waals surface area (Å²) in [5, 5.41) is 2.66. The second-order valence-electron chi connectivity index (χ2n) is 4.32. The minimum Gasteiger partial charge on any atom is -0.494 e. The highest BCUT2D eigenvalue weighted by Gasteiger charge is 2.26. The molecule has 0 saturated carbocycles. The number of alkyl halides is 1. The summed E-state index contributed by atoms with van der Waals surface area (Å²) >= 11 is 5.69. The Morgan fingerprint density at radius 2 is 2.18 bits per heavy atom. The summed E-state index contributed by atoms with van der Waals surface area (Å²) < 4.78 is 18.0. The standard InChI is InChI=1S/C12H15ClFNO2/c1-12(2,7-13)11(16)15-8-4-5-9(14)10(6-8)17-3/h4-6H,7H2,1-3H3,(H,15,16). The molecule has 94 valence electrons. The first-order valence-electron chi connectivity index (χ1n) is 5.11. The molecule has 1 aromatic rings. The first kappa shape index (κ1) is 13.8. The van der Waals surface area contributed by atoms with E-state index in [4.69, 9.17) is 16.3 Å². The number of carbonyl (C=O) groups excluding carboxylic acids is 1. The first-order valence-corrected chi connectivity index (χ1v) is 5.65. The van der Waals surface area contributed by atoms with Crippen LogP contribution in [-0.2, 0) is 4.79 Å². The predicted octanol–water partition coefficient (Wildman–Crippen LogP) is 3.04. The molecule has 0 spiro atoms. The van der Waals surface area contributed by atoms with Crippen molar-refractivity contribution in [2.24, 2.45) is 5.41 Å². The largest absolute Gasteiger partial charge is 0.494 e. The third kappa shape index (κ3) is 3.33. The van der Waals surface area contributed by atoms with Gasteiger partial charge in [-0.1, -0.05) is 0 Å².